The van der Waals surface area contributed by atoms with E-state index in [0.29, 0.717) is 5.02 Å². The van der Waals surface area contributed by atoms with Crippen LogP contribution in [0, 0.1) is 0 Å². The van der Waals surface area contributed by atoms with Gasteiger partial charge < -0.3 is 9.64 Å². The Kier molecular flexibility index (Phi) is 4.58. The van der Waals surface area contributed by atoms with Crippen molar-refractivity contribution >= 4 is 29.2 Å². The van der Waals surface area contributed by atoms with Crippen LogP contribution in [0.25, 0.3) is 0 Å². The lowest BCUT2D eigenvalue weighted by Gasteiger charge is -2.26. The molecule has 0 aromatic heterocycles. The van der Waals surface area contributed by atoms with Crippen LogP contribution < -0.4 is 4.90 Å². The van der Waals surface area contributed by atoms with Crippen LogP contribution in [0.5, 0.6) is 0 Å². The number of benzene rings is 2. The van der Waals surface area contributed by atoms with Crippen molar-refractivity contribution < 1.29 is 14.3 Å². The highest BCUT2D eigenvalue weighted by Crippen LogP contribution is 2.32. The van der Waals surface area contributed by atoms with Crippen LogP contribution in [0.1, 0.15) is 29.8 Å². The van der Waals surface area contributed by atoms with E-state index in [2.05, 4.69) is 0 Å². The Morgan fingerprint density at radius 3 is 2.58 bits per heavy atom. The van der Waals surface area contributed by atoms with Gasteiger partial charge in [0.05, 0.1) is 10.6 Å². The molecule has 5 heteroatoms. The number of nitrogens with zero attached hydrogens (tertiary/aromatic N) is 1. The largest absolute Gasteiger partial charge is 0.449 e. The van der Waals surface area contributed by atoms with Gasteiger partial charge in [0, 0.05) is 11.7 Å². The number of para-hydroxylation sites is 1. The summed E-state index contributed by atoms with van der Waals surface area (Å²) >= 11 is 6.00. The topological polar surface area (TPSA) is 46.6 Å². The summed E-state index contributed by atoms with van der Waals surface area (Å²) in [5.41, 5.74) is 2.27. The molecular formula is C19H18ClNO3. The second kappa shape index (κ2) is 6.65. The minimum absolute atomic E-state index is 0.0383. The number of hydrogen-bond acceptors (Lipinski definition) is 3. The summed E-state index contributed by atoms with van der Waals surface area (Å²) in [6, 6.07) is 14.5. The Balaban J connectivity index is 1.76. The second-order valence-corrected chi connectivity index (χ2v) is 6.32. The van der Waals surface area contributed by atoms with E-state index in [1.807, 2.05) is 31.2 Å². The molecule has 3 rings (SSSR count). The van der Waals surface area contributed by atoms with Crippen molar-refractivity contribution in [1.82, 2.24) is 0 Å². The summed E-state index contributed by atoms with van der Waals surface area (Å²) in [4.78, 5) is 26.7. The number of amides is 1. The van der Waals surface area contributed by atoms with E-state index in [1.165, 1.54) is 0 Å². The average molecular weight is 344 g/mol. The molecule has 0 unspecified atom stereocenters. The zero-order valence-electron chi connectivity index (χ0n) is 13.5. The maximum atomic E-state index is 12.8. The van der Waals surface area contributed by atoms with Gasteiger partial charge in [0.1, 0.15) is 0 Å². The van der Waals surface area contributed by atoms with Crippen molar-refractivity contribution in [3.05, 3.63) is 64.7 Å². The number of halogens is 1. The van der Waals surface area contributed by atoms with Crippen LogP contribution in [0.2, 0.25) is 5.02 Å². The molecule has 0 aliphatic carbocycles. The van der Waals surface area contributed by atoms with Gasteiger partial charge in [-0.05, 0) is 44.0 Å². The molecule has 2 atom stereocenters. The predicted octanol–water partition coefficient (Wildman–Crippen LogP) is 3.86. The summed E-state index contributed by atoms with van der Waals surface area (Å²) < 4.78 is 5.34. The first-order valence-electron chi connectivity index (χ1n) is 7.85. The summed E-state index contributed by atoms with van der Waals surface area (Å²) in [6.45, 7) is 3.57. The van der Waals surface area contributed by atoms with Crippen LogP contribution in [0.15, 0.2) is 48.5 Å². The van der Waals surface area contributed by atoms with Gasteiger partial charge in [0.25, 0.3) is 5.91 Å². The van der Waals surface area contributed by atoms with Crippen LogP contribution in [0.4, 0.5) is 5.69 Å². The zero-order chi connectivity index (χ0) is 17.3. The van der Waals surface area contributed by atoms with E-state index in [4.69, 9.17) is 16.3 Å². The number of ether oxygens (including phenoxy) is 1. The summed E-state index contributed by atoms with van der Waals surface area (Å²) in [7, 11) is 0. The normalized spacial score (nSPS) is 17.3. The maximum absolute atomic E-state index is 12.8. The number of esters is 1. The molecule has 4 nitrogen and oxygen atoms in total. The van der Waals surface area contributed by atoms with Crippen LogP contribution in [0.3, 0.4) is 0 Å². The van der Waals surface area contributed by atoms with Gasteiger partial charge in [-0.3, -0.25) is 4.79 Å². The van der Waals surface area contributed by atoms with Gasteiger partial charge in [0.15, 0.2) is 6.10 Å². The van der Waals surface area contributed by atoms with Gasteiger partial charge in [-0.1, -0.05) is 41.9 Å². The molecule has 24 heavy (non-hydrogen) atoms. The number of rotatable bonds is 3. The monoisotopic (exact) mass is 343 g/mol. The highest BCUT2D eigenvalue weighted by molar-refractivity contribution is 6.33. The maximum Gasteiger partial charge on any atom is 0.340 e. The molecule has 1 heterocycles. The third kappa shape index (κ3) is 3.02. The van der Waals surface area contributed by atoms with Crippen molar-refractivity contribution in [2.45, 2.75) is 32.4 Å². The van der Waals surface area contributed by atoms with Crippen molar-refractivity contribution in [2.24, 2.45) is 0 Å². The Labute approximate surface area is 146 Å². The number of hydrogen-bond donors (Lipinski definition) is 0. The van der Waals surface area contributed by atoms with Gasteiger partial charge in [-0.25, -0.2) is 4.79 Å². The fourth-order valence-corrected chi connectivity index (χ4v) is 3.21. The van der Waals surface area contributed by atoms with Crippen LogP contribution in [-0.4, -0.2) is 24.0 Å². The number of carbonyl (C=O) groups excluding carboxylic acids is 2. The van der Waals surface area contributed by atoms with Gasteiger partial charge in [-0.15, -0.1) is 0 Å². The lowest BCUT2D eigenvalue weighted by molar-refractivity contribution is -0.126. The van der Waals surface area contributed by atoms with E-state index in [1.54, 1.807) is 36.1 Å². The molecule has 0 N–H and O–H groups in total. The van der Waals surface area contributed by atoms with Crippen molar-refractivity contribution in [2.75, 3.05) is 4.90 Å². The molecule has 2 aromatic rings. The van der Waals surface area contributed by atoms with Crippen LogP contribution in [-0.2, 0) is 16.0 Å². The van der Waals surface area contributed by atoms with Crippen molar-refractivity contribution in [1.29, 1.82) is 0 Å². The molecule has 0 saturated heterocycles. The van der Waals surface area contributed by atoms with E-state index in [-0.39, 0.29) is 17.5 Å². The standard InChI is InChI=1S/C19H18ClNO3/c1-12-11-14-7-3-6-10-17(14)21(12)18(22)13(2)24-19(23)15-8-4-5-9-16(15)20/h3-10,12-13H,11H2,1-2H3/t12-,13+/m0/s1. The molecule has 2 aromatic carbocycles. The van der Waals surface area contributed by atoms with E-state index in [0.717, 1.165) is 17.7 Å². The Morgan fingerprint density at radius 1 is 1.17 bits per heavy atom. The summed E-state index contributed by atoms with van der Waals surface area (Å²) in [5.74, 6) is -0.825. The second-order valence-electron chi connectivity index (χ2n) is 5.92. The minimum atomic E-state index is -0.887. The molecule has 0 fully saturated rings. The third-order valence-electron chi connectivity index (χ3n) is 4.17. The molecule has 1 aliphatic heterocycles. The van der Waals surface area contributed by atoms with Gasteiger partial charge in [-0.2, -0.15) is 0 Å². The van der Waals surface area contributed by atoms with Gasteiger partial charge in [0.2, 0.25) is 0 Å². The summed E-state index contributed by atoms with van der Waals surface area (Å²) in [5, 5.41) is 0.307. The lowest BCUT2D eigenvalue weighted by Crippen LogP contribution is -2.43. The molecular weight excluding hydrogens is 326 g/mol. The van der Waals surface area contributed by atoms with E-state index >= 15 is 0 Å². The Bertz CT molecular complexity index is 790. The molecule has 124 valence electrons. The zero-order valence-corrected chi connectivity index (χ0v) is 14.3. The molecule has 1 amide bonds. The molecule has 0 radical (unpaired) electrons. The molecule has 0 bridgehead atoms. The van der Waals surface area contributed by atoms with Crippen molar-refractivity contribution in [3.63, 3.8) is 0 Å². The SMILES string of the molecule is C[C@@H](OC(=O)c1ccccc1Cl)C(=O)N1c2ccccc2C[C@@H]1C. The minimum Gasteiger partial charge on any atom is -0.449 e. The number of fused-ring (bicyclic) bond motifs is 1. The quantitative estimate of drug-likeness (QED) is 0.795. The molecule has 1 aliphatic rings. The number of anilines is 1. The van der Waals surface area contributed by atoms with E-state index < -0.39 is 12.1 Å². The highest BCUT2D eigenvalue weighted by Gasteiger charge is 2.34. The first kappa shape index (κ1) is 16.5. The average Bonchev–Trinajstić information content (AvgIpc) is 2.90. The number of carbonyl (C=O) groups is 2. The Hall–Kier alpha value is -2.33. The highest BCUT2D eigenvalue weighted by atomic mass is 35.5. The molecule has 0 spiro atoms. The third-order valence-corrected chi connectivity index (χ3v) is 4.50. The first-order chi connectivity index (χ1) is 11.5. The van der Waals surface area contributed by atoms with Gasteiger partial charge >= 0.3 is 5.97 Å². The first-order valence-corrected chi connectivity index (χ1v) is 8.23. The smallest absolute Gasteiger partial charge is 0.340 e. The van der Waals surface area contributed by atoms with Crippen molar-refractivity contribution in [3.8, 4) is 0 Å². The lowest BCUT2D eigenvalue weighted by atomic mass is 10.1. The molecule has 0 saturated carbocycles. The van der Waals surface area contributed by atoms with E-state index in [9.17, 15) is 9.59 Å². The predicted molar refractivity (Wildman–Crippen MR) is 93.4 cm³/mol. The van der Waals surface area contributed by atoms with Crippen LogP contribution >= 0.6 is 11.6 Å². The Morgan fingerprint density at radius 2 is 1.83 bits per heavy atom. The summed E-state index contributed by atoms with van der Waals surface area (Å²) in [6.07, 6.45) is -0.0880. The fraction of sp³-hybridized carbons (Fsp3) is 0.263. The fourth-order valence-electron chi connectivity index (χ4n) is 3.00.